The van der Waals surface area contributed by atoms with E-state index in [9.17, 15) is 13.2 Å². The van der Waals surface area contributed by atoms with Gasteiger partial charge in [0.2, 0.25) is 10.0 Å². The summed E-state index contributed by atoms with van der Waals surface area (Å²) in [5.74, 6) is -0.233. The van der Waals surface area contributed by atoms with Gasteiger partial charge in [-0.15, -0.1) is 13.2 Å². The topological polar surface area (TPSA) is 57.7 Å². The van der Waals surface area contributed by atoms with E-state index in [2.05, 4.69) is 13.2 Å². The van der Waals surface area contributed by atoms with E-state index in [1.165, 1.54) is 10.4 Å². The number of aryl methyl sites for hydroxylation is 1. The monoisotopic (exact) mass is 350 g/mol. The van der Waals surface area contributed by atoms with Crippen molar-refractivity contribution in [1.29, 1.82) is 0 Å². The van der Waals surface area contributed by atoms with Crippen LogP contribution in [-0.2, 0) is 10.0 Å². The number of rotatable bonds is 9. The number of carbonyl (C=O) groups is 1. The molecule has 0 fully saturated rings. The van der Waals surface area contributed by atoms with Crippen LogP contribution >= 0.6 is 0 Å². The van der Waals surface area contributed by atoms with Crippen molar-refractivity contribution in [3.8, 4) is 0 Å². The molecule has 24 heavy (non-hydrogen) atoms. The van der Waals surface area contributed by atoms with Gasteiger partial charge in [-0.05, 0) is 24.6 Å². The maximum atomic E-state index is 12.8. The third kappa shape index (κ3) is 4.33. The number of hydrogen-bond acceptors (Lipinski definition) is 3. The second-order valence-corrected chi connectivity index (χ2v) is 7.29. The molecule has 1 rings (SSSR count). The van der Waals surface area contributed by atoms with Gasteiger partial charge in [0.15, 0.2) is 0 Å². The van der Waals surface area contributed by atoms with E-state index in [-0.39, 0.29) is 10.8 Å². The molecule has 0 saturated carbocycles. The van der Waals surface area contributed by atoms with Crippen LogP contribution in [0.5, 0.6) is 0 Å². The van der Waals surface area contributed by atoms with Crippen molar-refractivity contribution in [3.63, 3.8) is 0 Å². The Bertz CT molecular complexity index is 697. The van der Waals surface area contributed by atoms with Crippen molar-refractivity contribution < 1.29 is 13.2 Å². The Kier molecular flexibility index (Phi) is 7.38. The molecule has 0 aliphatic rings. The van der Waals surface area contributed by atoms with Crippen molar-refractivity contribution in [2.75, 3.05) is 26.2 Å². The summed E-state index contributed by atoms with van der Waals surface area (Å²) >= 11 is 0. The molecule has 0 unspecified atom stereocenters. The first-order valence-electron chi connectivity index (χ1n) is 7.95. The summed E-state index contributed by atoms with van der Waals surface area (Å²) in [5, 5.41) is 0. The van der Waals surface area contributed by atoms with Crippen molar-refractivity contribution in [2.24, 2.45) is 0 Å². The molecule has 0 atom stereocenters. The van der Waals surface area contributed by atoms with Gasteiger partial charge in [-0.25, -0.2) is 8.42 Å². The van der Waals surface area contributed by atoms with Crippen LogP contribution < -0.4 is 0 Å². The maximum Gasteiger partial charge on any atom is 0.254 e. The Balaban J connectivity index is 3.34. The highest BCUT2D eigenvalue weighted by Crippen LogP contribution is 2.21. The average molecular weight is 350 g/mol. The van der Waals surface area contributed by atoms with E-state index >= 15 is 0 Å². The summed E-state index contributed by atoms with van der Waals surface area (Å²) in [6.07, 6.45) is 3.26. The second-order valence-electron chi connectivity index (χ2n) is 5.35. The Morgan fingerprint density at radius 1 is 1.12 bits per heavy atom. The lowest BCUT2D eigenvalue weighted by Crippen LogP contribution is -2.33. The van der Waals surface area contributed by atoms with Crippen molar-refractivity contribution in [1.82, 2.24) is 9.21 Å². The molecule has 6 heteroatoms. The molecule has 0 spiro atoms. The van der Waals surface area contributed by atoms with Gasteiger partial charge in [-0.3, -0.25) is 4.79 Å². The largest absolute Gasteiger partial charge is 0.331 e. The number of nitrogens with zero attached hydrogens (tertiary/aromatic N) is 2. The van der Waals surface area contributed by atoms with Gasteiger partial charge in [0.1, 0.15) is 0 Å². The molecule has 0 aliphatic heterocycles. The zero-order valence-electron chi connectivity index (χ0n) is 14.7. The molecular weight excluding hydrogens is 324 g/mol. The molecule has 1 amide bonds. The van der Waals surface area contributed by atoms with Gasteiger partial charge >= 0.3 is 0 Å². The van der Waals surface area contributed by atoms with E-state index in [1.807, 2.05) is 0 Å². The predicted octanol–water partition coefficient (Wildman–Crippen LogP) is 2.84. The minimum Gasteiger partial charge on any atom is -0.331 e. The van der Waals surface area contributed by atoms with Crippen LogP contribution in [0.3, 0.4) is 0 Å². The lowest BCUT2D eigenvalue weighted by molar-refractivity contribution is 0.0790. The lowest BCUT2D eigenvalue weighted by atomic mass is 10.1. The van der Waals surface area contributed by atoms with E-state index < -0.39 is 10.0 Å². The first-order valence-corrected chi connectivity index (χ1v) is 9.39. The van der Waals surface area contributed by atoms with E-state index in [0.29, 0.717) is 31.7 Å². The minimum atomic E-state index is -3.60. The van der Waals surface area contributed by atoms with E-state index in [4.69, 9.17) is 0 Å². The maximum absolute atomic E-state index is 12.8. The normalized spacial score (nSPS) is 11.3. The Hall–Kier alpha value is -1.92. The highest BCUT2D eigenvalue weighted by Gasteiger charge is 2.24. The van der Waals surface area contributed by atoms with Gasteiger partial charge in [-0.2, -0.15) is 4.31 Å². The number of benzene rings is 1. The Morgan fingerprint density at radius 3 is 2.12 bits per heavy atom. The average Bonchev–Trinajstić information content (AvgIpc) is 2.55. The molecule has 5 nitrogen and oxygen atoms in total. The molecule has 0 bridgehead atoms. The number of hydrogen-bond donors (Lipinski definition) is 0. The molecule has 1 aromatic rings. The summed E-state index contributed by atoms with van der Waals surface area (Å²) in [6.45, 7) is 14.2. The number of amides is 1. The summed E-state index contributed by atoms with van der Waals surface area (Å²) in [5.41, 5.74) is 1.11. The highest BCUT2D eigenvalue weighted by molar-refractivity contribution is 7.89. The van der Waals surface area contributed by atoms with Gasteiger partial charge in [0.25, 0.3) is 5.91 Å². The van der Waals surface area contributed by atoms with Crippen LogP contribution in [0.15, 0.2) is 48.4 Å². The fraction of sp³-hybridized carbons (Fsp3) is 0.389. The second kappa shape index (κ2) is 8.80. The summed E-state index contributed by atoms with van der Waals surface area (Å²) in [4.78, 5) is 14.5. The van der Waals surface area contributed by atoms with Gasteiger partial charge in [-0.1, -0.05) is 32.1 Å². The fourth-order valence-electron chi connectivity index (χ4n) is 2.43. The molecular formula is C18H26N2O3S. The van der Waals surface area contributed by atoms with Crippen molar-refractivity contribution in [3.05, 3.63) is 54.6 Å². The molecule has 0 saturated heterocycles. The van der Waals surface area contributed by atoms with Gasteiger partial charge < -0.3 is 4.90 Å². The number of carbonyl (C=O) groups excluding carboxylic acids is 1. The fourth-order valence-corrected chi connectivity index (χ4v) is 3.91. The zero-order chi connectivity index (χ0) is 18.3. The summed E-state index contributed by atoms with van der Waals surface area (Å²) < 4.78 is 26.7. The van der Waals surface area contributed by atoms with Crippen LogP contribution in [0.25, 0.3) is 0 Å². The first kappa shape index (κ1) is 20.1. The predicted molar refractivity (Wildman–Crippen MR) is 97.6 cm³/mol. The van der Waals surface area contributed by atoms with Crippen LogP contribution in [0.2, 0.25) is 0 Å². The highest BCUT2D eigenvalue weighted by atomic mass is 32.2. The molecule has 0 heterocycles. The van der Waals surface area contributed by atoms with Crippen LogP contribution in [0.1, 0.15) is 29.8 Å². The molecule has 0 aliphatic carbocycles. The third-order valence-electron chi connectivity index (χ3n) is 3.77. The first-order chi connectivity index (χ1) is 11.3. The molecule has 132 valence electrons. The standard InChI is InChI=1S/C18H26N2O3S/c1-6-12-19(13-7-2)18(21)17-14-16(11-10-15(17)5)24(22,23)20(8-3)9-4/h6-7,10-11,14H,1-2,8-9,12-13H2,3-5H3. The number of sulfonamides is 1. The van der Waals surface area contributed by atoms with Crippen LogP contribution in [0.4, 0.5) is 0 Å². The van der Waals surface area contributed by atoms with Gasteiger partial charge in [0.05, 0.1) is 4.90 Å². The molecule has 0 aromatic heterocycles. The third-order valence-corrected chi connectivity index (χ3v) is 5.81. The smallest absolute Gasteiger partial charge is 0.254 e. The van der Waals surface area contributed by atoms with Crippen LogP contribution in [-0.4, -0.2) is 49.7 Å². The van der Waals surface area contributed by atoms with E-state index in [0.717, 1.165) is 5.56 Å². The Labute approximate surface area is 145 Å². The van der Waals surface area contributed by atoms with E-state index in [1.54, 1.807) is 50.0 Å². The summed E-state index contributed by atoms with van der Waals surface area (Å²) in [6, 6.07) is 4.68. The van der Waals surface area contributed by atoms with Crippen LogP contribution in [0, 0.1) is 6.92 Å². The quantitative estimate of drug-likeness (QED) is 0.644. The molecule has 0 radical (unpaired) electrons. The minimum absolute atomic E-state index is 0.136. The molecule has 0 N–H and O–H groups in total. The van der Waals surface area contributed by atoms with Crippen molar-refractivity contribution >= 4 is 15.9 Å². The summed E-state index contributed by atoms with van der Waals surface area (Å²) in [7, 11) is -3.60. The Morgan fingerprint density at radius 2 is 1.67 bits per heavy atom. The van der Waals surface area contributed by atoms with Gasteiger partial charge in [0, 0.05) is 31.7 Å². The lowest BCUT2D eigenvalue weighted by Gasteiger charge is -2.22. The zero-order valence-corrected chi connectivity index (χ0v) is 15.5. The SMILES string of the molecule is C=CCN(CC=C)C(=O)c1cc(S(=O)(=O)N(CC)CC)ccc1C. The van der Waals surface area contributed by atoms with Crippen molar-refractivity contribution in [2.45, 2.75) is 25.7 Å². The molecule has 1 aromatic carbocycles.